The Morgan fingerprint density at radius 3 is 2.90 bits per heavy atom. The van der Waals surface area contributed by atoms with E-state index in [1.165, 1.54) is 0 Å². The topological polar surface area (TPSA) is 67.7 Å². The Kier molecular flexibility index (Phi) is 4.07. The highest BCUT2D eigenvalue weighted by Crippen LogP contribution is 2.32. The molecule has 0 N–H and O–H groups in total. The van der Waals surface area contributed by atoms with Crippen molar-refractivity contribution in [1.82, 2.24) is 9.97 Å². The average molecular weight is 331 g/mol. The number of ether oxygens (including phenoxy) is 1. The third kappa shape index (κ3) is 3.46. The molecule has 8 heteroatoms. The molecule has 3 rings (SSSR count). The fourth-order valence-electron chi connectivity index (χ4n) is 2.42. The van der Waals surface area contributed by atoms with Crippen molar-refractivity contribution < 1.29 is 8.95 Å². The van der Waals surface area contributed by atoms with E-state index >= 15 is 0 Å². The minimum absolute atomic E-state index is 0.135. The number of morpholine rings is 1. The maximum atomic E-state index is 12.5. The SMILES string of the molecule is C[C@@H]1COCCN1c1cc(N=[S@@](C)(=O)C2CC2)nc(Cl)n1. The fraction of sp³-hybridized carbons (Fsp3) is 0.692. The molecule has 1 saturated carbocycles. The molecular weight excluding hydrogens is 312 g/mol. The Morgan fingerprint density at radius 1 is 1.48 bits per heavy atom. The van der Waals surface area contributed by atoms with Crippen LogP contribution in [0.4, 0.5) is 11.6 Å². The van der Waals surface area contributed by atoms with Gasteiger partial charge in [-0.25, -0.2) is 9.19 Å². The van der Waals surface area contributed by atoms with Crippen LogP contribution >= 0.6 is 11.6 Å². The lowest BCUT2D eigenvalue weighted by atomic mass is 10.2. The molecule has 116 valence electrons. The third-order valence-corrected chi connectivity index (χ3v) is 6.18. The molecule has 1 saturated heterocycles. The zero-order valence-electron chi connectivity index (χ0n) is 12.2. The lowest BCUT2D eigenvalue weighted by Crippen LogP contribution is -2.44. The van der Waals surface area contributed by atoms with Crippen molar-refractivity contribution in [2.24, 2.45) is 4.36 Å². The summed E-state index contributed by atoms with van der Waals surface area (Å²) in [5.74, 6) is 1.12. The van der Waals surface area contributed by atoms with Gasteiger partial charge in [-0.15, -0.1) is 0 Å². The van der Waals surface area contributed by atoms with Gasteiger partial charge in [0.15, 0.2) is 5.82 Å². The van der Waals surface area contributed by atoms with Gasteiger partial charge in [0.2, 0.25) is 5.28 Å². The van der Waals surface area contributed by atoms with Crippen molar-refractivity contribution >= 4 is 33.0 Å². The summed E-state index contributed by atoms with van der Waals surface area (Å²) in [6, 6.07) is 1.98. The minimum Gasteiger partial charge on any atom is -0.377 e. The average Bonchev–Trinajstić information content (AvgIpc) is 3.22. The Balaban J connectivity index is 1.94. The maximum Gasteiger partial charge on any atom is 0.226 e. The molecule has 0 bridgehead atoms. The van der Waals surface area contributed by atoms with Crippen molar-refractivity contribution in [3.63, 3.8) is 0 Å². The van der Waals surface area contributed by atoms with Crippen LogP contribution in [0.15, 0.2) is 10.4 Å². The lowest BCUT2D eigenvalue weighted by molar-refractivity contribution is 0.0985. The number of anilines is 1. The van der Waals surface area contributed by atoms with E-state index in [1.807, 2.05) is 0 Å². The van der Waals surface area contributed by atoms with Crippen molar-refractivity contribution in [3.05, 3.63) is 11.3 Å². The van der Waals surface area contributed by atoms with Crippen LogP contribution in [0.25, 0.3) is 0 Å². The highest BCUT2D eigenvalue weighted by Gasteiger charge is 2.31. The van der Waals surface area contributed by atoms with Gasteiger partial charge in [0.25, 0.3) is 0 Å². The van der Waals surface area contributed by atoms with Gasteiger partial charge in [-0.05, 0) is 31.4 Å². The van der Waals surface area contributed by atoms with E-state index in [0.29, 0.717) is 19.0 Å². The first kappa shape index (κ1) is 15.0. The zero-order chi connectivity index (χ0) is 15.0. The standard InChI is InChI=1S/C13H19ClN4O2S/c1-9-8-20-6-5-18(9)12-7-11(15-13(14)16-12)17-21(2,19)10-3-4-10/h7,9-10H,3-6,8H2,1-2H3/t9-,21+/m1/s1. The maximum absolute atomic E-state index is 12.5. The number of nitrogens with zero attached hydrogens (tertiary/aromatic N) is 4. The molecule has 1 aliphatic heterocycles. The van der Waals surface area contributed by atoms with Crippen LogP contribution in [0.1, 0.15) is 19.8 Å². The van der Waals surface area contributed by atoms with Gasteiger partial charge >= 0.3 is 0 Å². The van der Waals surface area contributed by atoms with E-state index in [1.54, 1.807) is 12.3 Å². The second-order valence-corrected chi connectivity index (χ2v) is 8.53. The van der Waals surface area contributed by atoms with Crippen LogP contribution in [0.5, 0.6) is 0 Å². The number of rotatable bonds is 3. The van der Waals surface area contributed by atoms with E-state index in [4.69, 9.17) is 16.3 Å². The van der Waals surface area contributed by atoms with Crippen LogP contribution in [0.2, 0.25) is 5.28 Å². The van der Waals surface area contributed by atoms with E-state index in [9.17, 15) is 4.21 Å². The molecule has 21 heavy (non-hydrogen) atoms. The molecule has 2 heterocycles. The minimum atomic E-state index is -2.24. The number of aromatic nitrogens is 2. The normalized spacial score (nSPS) is 25.5. The van der Waals surface area contributed by atoms with Gasteiger partial charge in [0, 0.05) is 24.1 Å². The molecule has 1 aliphatic carbocycles. The fourth-order valence-corrected chi connectivity index (χ4v) is 4.22. The molecule has 1 aromatic rings. The quantitative estimate of drug-likeness (QED) is 0.795. The summed E-state index contributed by atoms with van der Waals surface area (Å²) in [5, 5.41) is 0.327. The largest absolute Gasteiger partial charge is 0.377 e. The van der Waals surface area contributed by atoms with Crippen LogP contribution < -0.4 is 4.90 Å². The van der Waals surface area contributed by atoms with Crippen LogP contribution in [-0.4, -0.2) is 51.5 Å². The van der Waals surface area contributed by atoms with Crippen molar-refractivity contribution in [1.29, 1.82) is 0 Å². The number of hydrogen-bond acceptors (Lipinski definition) is 6. The summed E-state index contributed by atoms with van der Waals surface area (Å²) in [6.07, 6.45) is 3.65. The first-order chi connectivity index (χ1) is 9.95. The molecule has 2 atom stereocenters. The highest BCUT2D eigenvalue weighted by molar-refractivity contribution is 7.93. The lowest BCUT2D eigenvalue weighted by Gasteiger charge is -2.34. The van der Waals surface area contributed by atoms with Gasteiger partial charge in [0.05, 0.1) is 29.0 Å². The second kappa shape index (κ2) is 5.70. The van der Waals surface area contributed by atoms with Crippen molar-refractivity contribution in [3.8, 4) is 0 Å². The predicted molar refractivity (Wildman–Crippen MR) is 83.8 cm³/mol. The first-order valence-corrected chi connectivity index (χ1v) is 9.42. The third-order valence-electron chi connectivity index (χ3n) is 3.75. The summed E-state index contributed by atoms with van der Waals surface area (Å²) in [4.78, 5) is 10.5. The Bertz CT molecular complexity index is 656. The molecule has 0 unspecified atom stereocenters. The first-order valence-electron chi connectivity index (χ1n) is 7.06. The van der Waals surface area contributed by atoms with E-state index < -0.39 is 9.73 Å². The molecule has 1 aromatic heterocycles. The molecule has 0 amide bonds. The zero-order valence-corrected chi connectivity index (χ0v) is 13.7. The van der Waals surface area contributed by atoms with E-state index in [2.05, 4.69) is 26.2 Å². The Hall–Kier alpha value is -0.920. The molecule has 2 aliphatic rings. The predicted octanol–water partition coefficient (Wildman–Crippen LogP) is 2.25. The highest BCUT2D eigenvalue weighted by atomic mass is 35.5. The summed E-state index contributed by atoms with van der Waals surface area (Å²) in [6.45, 7) is 4.13. The van der Waals surface area contributed by atoms with Gasteiger partial charge in [-0.2, -0.15) is 9.35 Å². The monoisotopic (exact) mass is 330 g/mol. The Morgan fingerprint density at radius 2 is 2.24 bits per heavy atom. The summed E-state index contributed by atoms with van der Waals surface area (Å²) < 4.78 is 22.2. The van der Waals surface area contributed by atoms with Crippen molar-refractivity contribution in [2.75, 3.05) is 30.9 Å². The number of halogens is 1. The van der Waals surface area contributed by atoms with E-state index in [-0.39, 0.29) is 16.6 Å². The molecule has 2 fully saturated rings. The second-order valence-electron chi connectivity index (χ2n) is 5.62. The van der Waals surface area contributed by atoms with E-state index in [0.717, 1.165) is 25.2 Å². The molecule has 0 aromatic carbocycles. The van der Waals surface area contributed by atoms with Gasteiger partial charge < -0.3 is 9.64 Å². The van der Waals surface area contributed by atoms with Gasteiger partial charge in [0.1, 0.15) is 5.82 Å². The van der Waals surface area contributed by atoms with Crippen LogP contribution in [0.3, 0.4) is 0 Å². The Labute approximate surface area is 130 Å². The van der Waals surface area contributed by atoms with Gasteiger partial charge in [-0.3, -0.25) is 0 Å². The molecule has 6 nitrogen and oxygen atoms in total. The summed E-state index contributed by atoms with van der Waals surface area (Å²) in [5.41, 5.74) is 0. The summed E-state index contributed by atoms with van der Waals surface area (Å²) in [7, 11) is -2.24. The number of hydrogen-bond donors (Lipinski definition) is 0. The van der Waals surface area contributed by atoms with Crippen molar-refractivity contribution in [2.45, 2.75) is 31.1 Å². The smallest absolute Gasteiger partial charge is 0.226 e. The van der Waals surface area contributed by atoms with Gasteiger partial charge in [-0.1, -0.05) is 0 Å². The van der Waals surface area contributed by atoms with Crippen LogP contribution in [0, 0.1) is 0 Å². The van der Waals surface area contributed by atoms with Crippen LogP contribution in [-0.2, 0) is 14.5 Å². The molecule has 0 radical (unpaired) electrons. The summed E-state index contributed by atoms with van der Waals surface area (Å²) >= 11 is 6.01. The molecule has 0 spiro atoms. The molecular formula is C13H19ClN4O2S.